The smallest absolute Gasteiger partial charge is 0.230 e. The molecule has 0 aromatic carbocycles. The summed E-state index contributed by atoms with van der Waals surface area (Å²) in [7, 11) is 1.82. The lowest BCUT2D eigenvalue weighted by Crippen LogP contribution is -2.38. The van der Waals surface area contributed by atoms with Gasteiger partial charge in [0, 0.05) is 20.1 Å². The van der Waals surface area contributed by atoms with Gasteiger partial charge in [-0.2, -0.15) is 5.26 Å². The van der Waals surface area contributed by atoms with Crippen molar-refractivity contribution in [1.82, 2.24) is 9.21 Å². The third kappa shape index (κ3) is 4.16. The minimum absolute atomic E-state index is 0.325. The quantitative estimate of drug-likeness (QED) is 0.653. The molecule has 0 aromatic rings. The summed E-state index contributed by atoms with van der Waals surface area (Å²) in [6.45, 7) is 2.76. The highest BCUT2D eigenvalue weighted by atomic mass is 32.2. The molecule has 15 heavy (non-hydrogen) atoms. The Bertz CT molecular complexity index is 319. The van der Waals surface area contributed by atoms with Crippen LogP contribution in [0.1, 0.15) is 13.3 Å². The summed E-state index contributed by atoms with van der Waals surface area (Å²) in [5, 5.41) is 7.80. The minimum atomic E-state index is -3.45. The molecule has 1 unspecified atom stereocenters. The van der Waals surface area contributed by atoms with Gasteiger partial charge in [0.2, 0.25) is 10.0 Å². The molecule has 0 aliphatic heterocycles. The van der Waals surface area contributed by atoms with E-state index in [0.717, 1.165) is 0 Å². The van der Waals surface area contributed by atoms with Gasteiger partial charge in [-0.25, -0.2) is 12.7 Å². The zero-order valence-corrected chi connectivity index (χ0v) is 10.6. The van der Waals surface area contributed by atoms with Crippen LogP contribution in [0.5, 0.6) is 0 Å². The van der Waals surface area contributed by atoms with Crippen molar-refractivity contribution in [3.63, 3.8) is 0 Å². The number of nitrogens with zero attached hydrogens (tertiary/aromatic N) is 3. The van der Waals surface area contributed by atoms with Gasteiger partial charge >= 0.3 is 0 Å². The predicted octanol–water partition coefficient (Wildman–Crippen LogP) is 0.112. The highest BCUT2D eigenvalue weighted by Gasteiger charge is 2.27. The Kier molecular flexibility index (Phi) is 5.80. The second kappa shape index (κ2) is 6.05. The van der Waals surface area contributed by atoms with Crippen molar-refractivity contribution in [2.24, 2.45) is 0 Å². The van der Waals surface area contributed by atoms with E-state index >= 15 is 0 Å². The lowest BCUT2D eigenvalue weighted by molar-refractivity contribution is 0.357. The van der Waals surface area contributed by atoms with Crippen LogP contribution in [0.3, 0.4) is 0 Å². The Morgan fingerprint density at radius 3 is 2.13 bits per heavy atom. The van der Waals surface area contributed by atoms with E-state index in [0.29, 0.717) is 19.5 Å². The molecule has 1 atom stereocenters. The molecule has 6 heteroatoms. The van der Waals surface area contributed by atoms with Crippen molar-refractivity contribution < 1.29 is 8.42 Å². The molecule has 0 fully saturated rings. The first-order valence-electron chi connectivity index (χ1n) is 4.85. The maximum Gasteiger partial charge on any atom is 0.230 e. The van der Waals surface area contributed by atoms with E-state index in [9.17, 15) is 8.42 Å². The van der Waals surface area contributed by atoms with E-state index in [1.54, 1.807) is 6.92 Å². The second-order valence-corrected chi connectivity index (χ2v) is 5.92. The van der Waals surface area contributed by atoms with Crippen molar-refractivity contribution in [3.05, 3.63) is 0 Å². The third-order valence-corrected chi connectivity index (χ3v) is 4.38. The largest absolute Gasteiger partial charge is 0.308 e. The summed E-state index contributed by atoms with van der Waals surface area (Å²) in [6, 6.07) is 1.82. The molecule has 0 radical (unpaired) electrons. The molecule has 0 heterocycles. The molecule has 0 spiro atoms. The fourth-order valence-electron chi connectivity index (χ4n) is 1.05. The van der Waals surface area contributed by atoms with Crippen LogP contribution < -0.4 is 0 Å². The van der Waals surface area contributed by atoms with Crippen LogP contribution >= 0.6 is 0 Å². The van der Waals surface area contributed by atoms with E-state index < -0.39 is 15.3 Å². The van der Waals surface area contributed by atoms with Crippen molar-refractivity contribution in [3.8, 4) is 6.07 Å². The average Bonchev–Trinajstić information content (AvgIpc) is 2.15. The summed E-state index contributed by atoms with van der Waals surface area (Å²) >= 11 is 0. The number of hydrogen-bond donors (Lipinski definition) is 0. The summed E-state index contributed by atoms with van der Waals surface area (Å²) in [4.78, 5) is 1.90. The lowest BCUT2D eigenvalue weighted by Gasteiger charge is -2.21. The number of nitriles is 1. The lowest BCUT2D eigenvalue weighted by atomic mass is 10.4. The van der Waals surface area contributed by atoms with Gasteiger partial charge in [-0.1, -0.05) is 6.92 Å². The fourth-order valence-corrected chi connectivity index (χ4v) is 2.38. The average molecular weight is 233 g/mol. The van der Waals surface area contributed by atoms with Gasteiger partial charge in [0.15, 0.2) is 5.25 Å². The van der Waals surface area contributed by atoms with Crippen LogP contribution in [0.2, 0.25) is 0 Å². The minimum Gasteiger partial charge on any atom is -0.308 e. The van der Waals surface area contributed by atoms with Crippen LogP contribution in [-0.2, 0) is 10.0 Å². The van der Waals surface area contributed by atoms with Gasteiger partial charge in [-0.05, 0) is 20.5 Å². The predicted molar refractivity (Wildman–Crippen MR) is 59.8 cm³/mol. The zero-order chi connectivity index (χ0) is 12.1. The van der Waals surface area contributed by atoms with Crippen LogP contribution in [-0.4, -0.2) is 57.1 Å². The Labute approximate surface area is 92.3 Å². The topological polar surface area (TPSA) is 64.4 Å². The highest BCUT2D eigenvalue weighted by Crippen LogP contribution is 2.09. The van der Waals surface area contributed by atoms with Crippen LogP contribution in [0.25, 0.3) is 0 Å². The van der Waals surface area contributed by atoms with Crippen LogP contribution in [0, 0.1) is 11.3 Å². The van der Waals surface area contributed by atoms with E-state index in [4.69, 9.17) is 5.26 Å². The standard InChI is InChI=1S/C9H19N3O2S/c1-5-9(8-10)15(13,14)12(4)7-6-11(2)3/h9H,5-7H2,1-4H3. The summed E-state index contributed by atoms with van der Waals surface area (Å²) in [5.74, 6) is 0. The molecule has 0 rings (SSSR count). The first-order chi connectivity index (χ1) is 6.86. The fraction of sp³-hybridized carbons (Fsp3) is 0.889. The van der Waals surface area contributed by atoms with Gasteiger partial charge in [0.25, 0.3) is 0 Å². The van der Waals surface area contributed by atoms with Crippen LogP contribution in [0.15, 0.2) is 0 Å². The molecule has 88 valence electrons. The molecule has 0 aliphatic carbocycles. The maximum atomic E-state index is 11.8. The Morgan fingerprint density at radius 2 is 1.80 bits per heavy atom. The van der Waals surface area contributed by atoms with Crippen LogP contribution in [0.4, 0.5) is 0 Å². The van der Waals surface area contributed by atoms with E-state index in [2.05, 4.69) is 0 Å². The Balaban J connectivity index is 4.53. The SMILES string of the molecule is CCC(C#N)S(=O)(=O)N(C)CCN(C)C. The third-order valence-electron chi connectivity index (χ3n) is 2.17. The normalized spacial score (nSPS) is 14.2. The zero-order valence-electron chi connectivity index (χ0n) is 9.77. The number of hydrogen-bond acceptors (Lipinski definition) is 4. The molecule has 0 saturated carbocycles. The molecule has 0 amide bonds. The number of likely N-dealkylation sites (N-methyl/N-ethyl adjacent to an activating group) is 2. The van der Waals surface area contributed by atoms with Gasteiger partial charge in [-0.15, -0.1) is 0 Å². The van der Waals surface area contributed by atoms with Crippen molar-refractivity contribution >= 4 is 10.0 Å². The second-order valence-electron chi connectivity index (χ2n) is 3.70. The first kappa shape index (κ1) is 14.4. The number of sulfonamides is 1. The van der Waals surface area contributed by atoms with Gasteiger partial charge in [0.1, 0.15) is 0 Å². The summed E-state index contributed by atoms with van der Waals surface area (Å²) < 4.78 is 24.8. The molecular formula is C9H19N3O2S. The van der Waals surface area contributed by atoms with E-state index in [1.165, 1.54) is 11.4 Å². The molecule has 0 N–H and O–H groups in total. The van der Waals surface area contributed by atoms with Gasteiger partial charge in [0.05, 0.1) is 6.07 Å². The van der Waals surface area contributed by atoms with Crippen molar-refractivity contribution in [1.29, 1.82) is 5.26 Å². The first-order valence-corrected chi connectivity index (χ1v) is 6.36. The van der Waals surface area contributed by atoms with Gasteiger partial charge in [-0.3, -0.25) is 0 Å². The van der Waals surface area contributed by atoms with Crippen molar-refractivity contribution in [2.45, 2.75) is 18.6 Å². The molecule has 0 saturated heterocycles. The van der Waals surface area contributed by atoms with E-state index in [-0.39, 0.29) is 0 Å². The Morgan fingerprint density at radius 1 is 1.27 bits per heavy atom. The van der Waals surface area contributed by atoms with Gasteiger partial charge < -0.3 is 4.90 Å². The Hall–Kier alpha value is -0.640. The molecule has 0 aliphatic rings. The molecule has 0 bridgehead atoms. The summed E-state index contributed by atoms with van der Waals surface area (Å²) in [6.07, 6.45) is 0.325. The van der Waals surface area contributed by atoms with Crippen molar-refractivity contribution in [2.75, 3.05) is 34.2 Å². The summed E-state index contributed by atoms with van der Waals surface area (Å²) in [5.41, 5.74) is 0. The maximum absolute atomic E-state index is 11.8. The highest BCUT2D eigenvalue weighted by molar-refractivity contribution is 7.89. The molecule has 5 nitrogen and oxygen atoms in total. The molecular weight excluding hydrogens is 214 g/mol. The monoisotopic (exact) mass is 233 g/mol. The number of rotatable bonds is 6. The molecule has 0 aromatic heterocycles. The van der Waals surface area contributed by atoms with E-state index in [1.807, 2.05) is 25.1 Å².